The molecule has 3 rings (SSSR count). The molecule has 0 fully saturated rings. The zero-order valence-corrected chi connectivity index (χ0v) is 14.7. The highest BCUT2D eigenvalue weighted by atomic mass is 35.5. The largest absolute Gasteiger partial charge is 0.495 e. The fourth-order valence-corrected chi connectivity index (χ4v) is 2.68. The second-order valence-corrected chi connectivity index (χ2v) is 5.97. The van der Waals surface area contributed by atoms with Crippen molar-refractivity contribution in [2.24, 2.45) is 0 Å². The van der Waals surface area contributed by atoms with E-state index in [-0.39, 0.29) is 17.8 Å². The maximum absolute atomic E-state index is 12.6. The number of hydrogen-bond acceptors (Lipinski definition) is 5. The molecule has 0 spiro atoms. The molecule has 0 aliphatic heterocycles. The fourth-order valence-electron chi connectivity index (χ4n) is 2.50. The number of nitrogens with one attached hydrogen (secondary N) is 1. The van der Waals surface area contributed by atoms with Gasteiger partial charge >= 0.3 is 0 Å². The molecular weight excluding hydrogens is 346 g/mol. The van der Waals surface area contributed by atoms with E-state index in [1.165, 1.54) is 18.0 Å². The summed E-state index contributed by atoms with van der Waals surface area (Å²) in [6.07, 6.45) is 1.29. The molecule has 0 unspecified atom stereocenters. The van der Waals surface area contributed by atoms with Crippen LogP contribution in [0.1, 0.15) is 11.3 Å². The Morgan fingerprint density at radius 2 is 2.16 bits per heavy atom. The number of benzene rings is 1. The monoisotopic (exact) mass is 361 g/mol. The first-order valence-electron chi connectivity index (χ1n) is 7.49. The van der Waals surface area contributed by atoms with E-state index < -0.39 is 5.91 Å². The lowest BCUT2D eigenvalue weighted by Gasteiger charge is -2.11. The minimum atomic E-state index is -0.401. The van der Waals surface area contributed by atoms with Gasteiger partial charge in [-0.15, -0.1) is 0 Å². The van der Waals surface area contributed by atoms with Crippen LogP contribution in [-0.2, 0) is 11.3 Å². The predicted octanol–water partition coefficient (Wildman–Crippen LogP) is 2.91. The lowest BCUT2D eigenvalue weighted by Crippen LogP contribution is -2.28. The topological polar surface area (TPSA) is 86.4 Å². The first-order valence-corrected chi connectivity index (χ1v) is 7.87. The molecule has 0 saturated heterocycles. The van der Waals surface area contributed by atoms with Crippen LogP contribution >= 0.6 is 11.6 Å². The number of hydrogen-bond donors (Lipinski definition) is 1. The lowest BCUT2D eigenvalue weighted by atomic mass is 10.2. The highest BCUT2D eigenvalue weighted by molar-refractivity contribution is 6.31. The average molecular weight is 362 g/mol. The van der Waals surface area contributed by atoms with E-state index in [0.29, 0.717) is 27.6 Å². The molecule has 0 atom stereocenters. The quantitative estimate of drug-likeness (QED) is 0.772. The van der Waals surface area contributed by atoms with Crippen LogP contribution in [0.3, 0.4) is 0 Å². The van der Waals surface area contributed by atoms with Gasteiger partial charge in [-0.1, -0.05) is 11.6 Å². The van der Waals surface area contributed by atoms with Crippen LogP contribution in [0.25, 0.3) is 11.1 Å². The van der Waals surface area contributed by atoms with Gasteiger partial charge in [-0.05, 0) is 32.0 Å². The number of carbonyl (C=O) groups is 1. The van der Waals surface area contributed by atoms with Gasteiger partial charge in [0, 0.05) is 10.6 Å². The lowest BCUT2D eigenvalue weighted by molar-refractivity contribution is -0.116. The molecule has 0 aliphatic rings. The van der Waals surface area contributed by atoms with E-state index in [9.17, 15) is 9.59 Å². The third-order valence-corrected chi connectivity index (χ3v) is 4.14. The van der Waals surface area contributed by atoms with Crippen molar-refractivity contribution in [2.45, 2.75) is 20.4 Å². The van der Waals surface area contributed by atoms with Gasteiger partial charge in [-0.2, -0.15) is 0 Å². The highest BCUT2D eigenvalue weighted by Crippen LogP contribution is 2.27. The Hall–Kier alpha value is -2.80. The molecule has 1 N–H and O–H groups in total. The van der Waals surface area contributed by atoms with Crippen molar-refractivity contribution in [3.8, 4) is 5.75 Å². The van der Waals surface area contributed by atoms with Crippen LogP contribution < -0.4 is 15.6 Å². The maximum atomic E-state index is 12.6. The van der Waals surface area contributed by atoms with Gasteiger partial charge in [-0.3, -0.25) is 14.2 Å². The second-order valence-electron chi connectivity index (χ2n) is 5.53. The number of aromatic nitrogens is 2. The molecule has 1 aromatic carbocycles. The summed E-state index contributed by atoms with van der Waals surface area (Å²) in [5.74, 6) is 0.701. The molecule has 2 aromatic heterocycles. The number of anilines is 1. The van der Waals surface area contributed by atoms with E-state index in [1.54, 1.807) is 32.0 Å². The normalized spacial score (nSPS) is 10.9. The molecule has 8 heteroatoms. The third-order valence-electron chi connectivity index (χ3n) is 3.91. The molecule has 0 radical (unpaired) electrons. The number of amides is 1. The summed E-state index contributed by atoms with van der Waals surface area (Å²) in [7, 11) is 1.49. The first-order chi connectivity index (χ1) is 11.9. The number of methoxy groups -OCH3 is 1. The van der Waals surface area contributed by atoms with Gasteiger partial charge in [0.1, 0.15) is 29.8 Å². The van der Waals surface area contributed by atoms with Crippen molar-refractivity contribution < 1.29 is 13.9 Å². The Balaban J connectivity index is 1.88. The van der Waals surface area contributed by atoms with Crippen LogP contribution in [0, 0.1) is 13.8 Å². The van der Waals surface area contributed by atoms with Crippen molar-refractivity contribution in [3.05, 3.63) is 51.2 Å². The van der Waals surface area contributed by atoms with Crippen LogP contribution in [-0.4, -0.2) is 22.6 Å². The number of aryl methyl sites for hydroxylation is 2. The van der Waals surface area contributed by atoms with Crippen molar-refractivity contribution in [2.75, 3.05) is 12.4 Å². The van der Waals surface area contributed by atoms with Crippen molar-refractivity contribution >= 4 is 34.3 Å². The average Bonchev–Trinajstić information content (AvgIpc) is 2.86. The smallest absolute Gasteiger partial charge is 0.265 e. The van der Waals surface area contributed by atoms with Crippen LogP contribution in [0.5, 0.6) is 5.75 Å². The van der Waals surface area contributed by atoms with Gasteiger partial charge in [0.15, 0.2) is 0 Å². The Labute approximate surface area is 148 Å². The summed E-state index contributed by atoms with van der Waals surface area (Å²) >= 11 is 5.95. The summed E-state index contributed by atoms with van der Waals surface area (Å²) in [4.78, 5) is 29.0. The number of rotatable bonds is 4. The standard InChI is InChI=1S/C17H16ClN3O4/c1-9-10(2)25-16-15(9)17(23)21(8-19-16)7-14(22)20-12-6-11(18)4-5-13(12)24-3/h4-6,8H,7H2,1-3H3,(H,20,22). The van der Waals surface area contributed by atoms with Gasteiger partial charge in [-0.25, -0.2) is 4.98 Å². The van der Waals surface area contributed by atoms with Crippen molar-refractivity contribution in [1.82, 2.24) is 9.55 Å². The van der Waals surface area contributed by atoms with E-state index in [1.807, 2.05) is 0 Å². The van der Waals surface area contributed by atoms with Gasteiger partial charge in [0.2, 0.25) is 11.6 Å². The molecule has 0 aliphatic carbocycles. The summed E-state index contributed by atoms with van der Waals surface area (Å²) in [5.41, 5.74) is 1.09. The van der Waals surface area contributed by atoms with Crippen LogP contribution in [0.2, 0.25) is 5.02 Å². The molecule has 7 nitrogen and oxygen atoms in total. The minimum Gasteiger partial charge on any atom is -0.495 e. The fraction of sp³-hybridized carbons (Fsp3) is 0.235. The SMILES string of the molecule is COc1ccc(Cl)cc1NC(=O)Cn1cnc2oc(C)c(C)c2c1=O. The van der Waals surface area contributed by atoms with Gasteiger partial charge in [0.25, 0.3) is 5.56 Å². The summed E-state index contributed by atoms with van der Waals surface area (Å²) in [5, 5.41) is 3.53. The highest BCUT2D eigenvalue weighted by Gasteiger charge is 2.16. The minimum absolute atomic E-state index is 0.193. The Morgan fingerprint density at radius 3 is 2.88 bits per heavy atom. The van der Waals surface area contributed by atoms with E-state index in [0.717, 1.165) is 5.56 Å². The molecule has 2 heterocycles. The summed E-state index contributed by atoms with van der Waals surface area (Å²) in [6.45, 7) is 3.35. The molecule has 0 saturated carbocycles. The maximum Gasteiger partial charge on any atom is 0.265 e. The first kappa shape index (κ1) is 17.0. The molecule has 25 heavy (non-hydrogen) atoms. The predicted molar refractivity (Wildman–Crippen MR) is 94.4 cm³/mol. The van der Waals surface area contributed by atoms with Gasteiger partial charge < -0.3 is 14.5 Å². The van der Waals surface area contributed by atoms with Crippen LogP contribution in [0.4, 0.5) is 5.69 Å². The molecule has 0 bridgehead atoms. The van der Waals surface area contributed by atoms with Gasteiger partial charge in [0.05, 0.1) is 12.8 Å². The Bertz CT molecular complexity index is 1020. The Morgan fingerprint density at radius 1 is 1.40 bits per heavy atom. The molecule has 130 valence electrons. The summed E-state index contributed by atoms with van der Waals surface area (Å²) in [6, 6.07) is 4.88. The number of fused-ring (bicyclic) bond motifs is 1. The van der Waals surface area contributed by atoms with E-state index in [2.05, 4.69) is 10.3 Å². The number of nitrogens with zero attached hydrogens (tertiary/aromatic N) is 2. The number of carbonyl (C=O) groups excluding carboxylic acids is 1. The second kappa shape index (κ2) is 6.60. The summed E-state index contributed by atoms with van der Waals surface area (Å²) < 4.78 is 11.8. The van der Waals surface area contributed by atoms with E-state index >= 15 is 0 Å². The zero-order chi connectivity index (χ0) is 18.1. The number of halogens is 1. The third kappa shape index (κ3) is 3.23. The number of furan rings is 1. The van der Waals surface area contributed by atoms with E-state index in [4.69, 9.17) is 20.8 Å². The van der Waals surface area contributed by atoms with Crippen LogP contribution in [0.15, 0.2) is 33.7 Å². The molecular formula is C17H16ClN3O4. The van der Waals surface area contributed by atoms with Crippen molar-refractivity contribution in [3.63, 3.8) is 0 Å². The molecule has 1 amide bonds. The van der Waals surface area contributed by atoms with Crippen molar-refractivity contribution in [1.29, 1.82) is 0 Å². The molecule has 3 aromatic rings. The number of ether oxygens (including phenoxy) is 1. The Kier molecular flexibility index (Phi) is 4.50. The zero-order valence-electron chi connectivity index (χ0n) is 13.9.